The van der Waals surface area contributed by atoms with Gasteiger partial charge in [0.1, 0.15) is 0 Å². The van der Waals surface area contributed by atoms with Crippen molar-refractivity contribution < 1.29 is 5.11 Å². The predicted octanol–water partition coefficient (Wildman–Crippen LogP) is 4.15. The molecule has 2 aromatic carbocycles. The van der Waals surface area contributed by atoms with Crippen LogP contribution in [0.25, 0.3) is 0 Å². The minimum atomic E-state index is -0.735. The van der Waals surface area contributed by atoms with Gasteiger partial charge in [-0.3, -0.25) is 4.90 Å². The standard InChI is InChI=1S/C21H27ClN2O/c1-2-21(25,18-8-4-3-5-9-18)12-13-23-14-16-24(17-15-23)20-11-7-6-10-19(20)22/h3-11,25H,2,12-17H2,1H3. The topological polar surface area (TPSA) is 26.7 Å². The van der Waals surface area contributed by atoms with Gasteiger partial charge in [-0.2, -0.15) is 0 Å². The van der Waals surface area contributed by atoms with Crippen molar-refractivity contribution in [2.45, 2.75) is 25.4 Å². The molecule has 1 aliphatic rings. The number of hydrogen-bond donors (Lipinski definition) is 1. The second-order valence-corrected chi connectivity index (χ2v) is 7.19. The molecule has 1 fully saturated rings. The maximum Gasteiger partial charge on any atom is 0.0906 e. The molecule has 1 aliphatic heterocycles. The molecule has 1 heterocycles. The van der Waals surface area contributed by atoms with Gasteiger partial charge in [-0.1, -0.05) is 61.0 Å². The van der Waals surface area contributed by atoms with E-state index >= 15 is 0 Å². The van der Waals surface area contributed by atoms with Crippen LogP contribution in [0.1, 0.15) is 25.3 Å². The Bertz CT molecular complexity index is 671. The minimum Gasteiger partial charge on any atom is -0.385 e. The summed E-state index contributed by atoms with van der Waals surface area (Å²) in [7, 11) is 0. The average Bonchev–Trinajstić information content (AvgIpc) is 2.68. The fourth-order valence-electron chi connectivity index (χ4n) is 3.54. The van der Waals surface area contributed by atoms with Crippen LogP contribution < -0.4 is 4.90 Å². The van der Waals surface area contributed by atoms with Crippen LogP contribution in [0.3, 0.4) is 0 Å². The summed E-state index contributed by atoms with van der Waals surface area (Å²) < 4.78 is 0. The maximum atomic E-state index is 11.0. The number of halogens is 1. The quantitative estimate of drug-likeness (QED) is 0.840. The fourth-order valence-corrected chi connectivity index (χ4v) is 3.79. The van der Waals surface area contributed by atoms with E-state index in [1.54, 1.807) is 0 Å². The number of hydrogen-bond acceptors (Lipinski definition) is 3. The molecule has 0 spiro atoms. The van der Waals surface area contributed by atoms with Gasteiger partial charge >= 0.3 is 0 Å². The van der Waals surface area contributed by atoms with E-state index in [9.17, 15) is 5.11 Å². The third-order valence-corrected chi connectivity index (χ3v) is 5.62. The summed E-state index contributed by atoms with van der Waals surface area (Å²) in [5.41, 5.74) is 1.41. The second-order valence-electron chi connectivity index (χ2n) is 6.78. The predicted molar refractivity (Wildman–Crippen MR) is 105 cm³/mol. The van der Waals surface area contributed by atoms with E-state index in [2.05, 4.69) is 22.8 Å². The molecular weight excluding hydrogens is 332 g/mol. The van der Waals surface area contributed by atoms with E-state index in [1.165, 1.54) is 0 Å². The fraction of sp³-hybridized carbons (Fsp3) is 0.429. The Morgan fingerprint density at radius 3 is 2.24 bits per heavy atom. The lowest BCUT2D eigenvalue weighted by atomic mass is 9.88. The molecule has 134 valence electrons. The van der Waals surface area contributed by atoms with E-state index < -0.39 is 5.60 Å². The molecule has 3 rings (SSSR count). The summed E-state index contributed by atoms with van der Waals surface area (Å²) in [5.74, 6) is 0. The lowest BCUT2D eigenvalue weighted by Gasteiger charge is -2.38. The van der Waals surface area contributed by atoms with Crippen LogP contribution in [0, 0.1) is 0 Å². The van der Waals surface area contributed by atoms with Gasteiger partial charge < -0.3 is 10.0 Å². The number of aliphatic hydroxyl groups is 1. The van der Waals surface area contributed by atoms with Gasteiger partial charge in [0.25, 0.3) is 0 Å². The zero-order valence-corrected chi connectivity index (χ0v) is 15.6. The highest BCUT2D eigenvalue weighted by Gasteiger charge is 2.28. The second kappa shape index (κ2) is 8.22. The van der Waals surface area contributed by atoms with Crippen molar-refractivity contribution >= 4 is 17.3 Å². The van der Waals surface area contributed by atoms with Crippen LogP contribution in [0.5, 0.6) is 0 Å². The van der Waals surface area contributed by atoms with Crippen LogP contribution in [0.4, 0.5) is 5.69 Å². The third-order valence-electron chi connectivity index (χ3n) is 5.30. The lowest BCUT2D eigenvalue weighted by molar-refractivity contribution is 0.0128. The molecule has 0 radical (unpaired) electrons. The molecule has 2 aromatic rings. The highest BCUT2D eigenvalue weighted by atomic mass is 35.5. The van der Waals surface area contributed by atoms with Crippen LogP contribution in [0.2, 0.25) is 5.02 Å². The number of anilines is 1. The molecule has 3 nitrogen and oxygen atoms in total. The summed E-state index contributed by atoms with van der Waals surface area (Å²) >= 11 is 6.31. The molecule has 4 heteroatoms. The first-order valence-corrected chi connectivity index (χ1v) is 9.50. The highest BCUT2D eigenvalue weighted by molar-refractivity contribution is 6.33. The number of rotatable bonds is 6. The summed E-state index contributed by atoms with van der Waals surface area (Å²) in [6.07, 6.45) is 1.50. The molecule has 1 atom stereocenters. The first-order valence-electron chi connectivity index (χ1n) is 9.12. The molecule has 0 amide bonds. The molecule has 1 N–H and O–H groups in total. The Hall–Kier alpha value is -1.55. The molecular formula is C21H27ClN2O. The Morgan fingerprint density at radius 2 is 1.60 bits per heavy atom. The van der Waals surface area contributed by atoms with Gasteiger partial charge in [0.2, 0.25) is 0 Å². The Balaban J connectivity index is 1.55. The Labute approximate surface area is 155 Å². The first kappa shape index (κ1) is 18.2. The van der Waals surface area contributed by atoms with Crippen molar-refractivity contribution in [2.24, 2.45) is 0 Å². The van der Waals surface area contributed by atoms with Crippen molar-refractivity contribution in [1.29, 1.82) is 0 Å². The summed E-state index contributed by atoms with van der Waals surface area (Å²) in [6.45, 7) is 6.91. The van der Waals surface area contributed by atoms with Crippen molar-refractivity contribution in [3.05, 3.63) is 65.2 Å². The van der Waals surface area contributed by atoms with E-state index in [4.69, 9.17) is 11.6 Å². The van der Waals surface area contributed by atoms with Crippen molar-refractivity contribution in [3.8, 4) is 0 Å². The van der Waals surface area contributed by atoms with E-state index in [1.807, 2.05) is 48.5 Å². The van der Waals surface area contributed by atoms with Crippen molar-refractivity contribution in [1.82, 2.24) is 4.90 Å². The van der Waals surface area contributed by atoms with Gasteiger partial charge in [0.05, 0.1) is 16.3 Å². The largest absolute Gasteiger partial charge is 0.385 e. The zero-order valence-electron chi connectivity index (χ0n) is 14.9. The summed E-state index contributed by atoms with van der Waals surface area (Å²) in [6, 6.07) is 18.1. The normalized spacial score (nSPS) is 18.1. The van der Waals surface area contributed by atoms with Gasteiger partial charge in [-0.25, -0.2) is 0 Å². The number of nitrogens with zero attached hydrogens (tertiary/aromatic N) is 2. The van der Waals surface area contributed by atoms with Gasteiger partial charge in [0, 0.05) is 32.7 Å². The average molecular weight is 359 g/mol. The monoisotopic (exact) mass is 358 g/mol. The number of piperazine rings is 1. The van der Waals surface area contributed by atoms with Crippen LogP contribution in [0.15, 0.2) is 54.6 Å². The zero-order chi connectivity index (χ0) is 17.7. The van der Waals surface area contributed by atoms with Gasteiger partial charge in [0.15, 0.2) is 0 Å². The van der Waals surface area contributed by atoms with Crippen LogP contribution in [-0.4, -0.2) is 42.7 Å². The first-order chi connectivity index (χ1) is 12.1. The molecule has 1 unspecified atom stereocenters. The van der Waals surface area contributed by atoms with Crippen molar-refractivity contribution in [3.63, 3.8) is 0 Å². The van der Waals surface area contributed by atoms with E-state index in [0.29, 0.717) is 0 Å². The highest BCUT2D eigenvalue weighted by Crippen LogP contribution is 2.30. The molecule has 0 aromatic heterocycles. The summed E-state index contributed by atoms with van der Waals surface area (Å²) in [5, 5.41) is 11.9. The summed E-state index contributed by atoms with van der Waals surface area (Å²) in [4.78, 5) is 4.79. The number of benzene rings is 2. The van der Waals surface area contributed by atoms with Gasteiger partial charge in [-0.05, 0) is 30.5 Å². The maximum absolute atomic E-state index is 11.0. The molecule has 0 saturated carbocycles. The van der Waals surface area contributed by atoms with Crippen LogP contribution in [-0.2, 0) is 5.60 Å². The van der Waals surface area contributed by atoms with E-state index in [0.717, 1.165) is 61.8 Å². The molecule has 0 bridgehead atoms. The number of para-hydroxylation sites is 1. The van der Waals surface area contributed by atoms with Gasteiger partial charge in [-0.15, -0.1) is 0 Å². The lowest BCUT2D eigenvalue weighted by Crippen LogP contribution is -2.47. The molecule has 0 aliphatic carbocycles. The Kier molecular flexibility index (Phi) is 6.00. The Morgan fingerprint density at radius 1 is 0.960 bits per heavy atom. The SMILES string of the molecule is CCC(O)(CCN1CCN(c2ccccc2Cl)CC1)c1ccccc1. The smallest absolute Gasteiger partial charge is 0.0906 e. The molecule has 1 saturated heterocycles. The van der Waals surface area contributed by atoms with Crippen LogP contribution >= 0.6 is 11.6 Å². The minimum absolute atomic E-state index is 0.733. The van der Waals surface area contributed by atoms with E-state index in [-0.39, 0.29) is 0 Å². The van der Waals surface area contributed by atoms with Crippen molar-refractivity contribution in [2.75, 3.05) is 37.6 Å². The molecule has 25 heavy (non-hydrogen) atoms. The third kappa shape index (κ3) is 4.35.